The van der Waals surface area contributed by atoms with Crippen molar-refractivity contribution in [1.29, 1.82) is 0 Å². The van der Waals surface area contributed by atoms with E-state index in [1.165, 1.54) is 29.7 Å². The van der Waals surface area contributed by atoms with Crippen molar-refractivity contribution < 1.29 is 14.0 Å². The topological polar surface area (TPSA) is 75.2 Å². The van der Waals surface area contributed by atoms with Gasteiger partial charge >= 0.3 is 0 Å². The Morgan fingerprint density at radius 3 is 2.70 bits per heavy atom. The van der Waals surface area contributed by atoms with Crippen LogP contribution in [0.4, 0.5) is 9.52 Å². The fourth-order valence-corrected chi connectivity index (χ4v) is 4.13. The summed E-state index contributed by atoms with van der Waals surface area (Å²) >= 11 is 1.35. The summed E-state index contributed by atoms with van der Waals surface area (Å²) in [6, 6.07) is 9.70. The molecule has 1 N–H and O–H groups in total. The number of hydrogen-bond acceptors (Lipinski definition) is 5. The highest BCUT2D eigenvalue weighted by molar-refractivity contribution is 7.13. The molecule has 154 valence electrons. The number of aromatic nitrogens is 2. The number of likely N-dealkylation sites (tertiary alicyclic amines) is 1. The van der Waals surface area contributed by atoms with Crippen molar-refractivity contribution >= 4 is 28.3 Å². The normalized spacial score (nSPS) is 15.9. The van der Waals surface area contributed by atoms with Gasteiger partial charge in [0.15, 0.2) is 5.13 Å². The van der Waals surface area contributed by atoms with Crippen LogP contribution in [-0.2, 0) is 11.2 Å². The van der Waals surface area contributed by atoms with E-state index in [2.05, 4.69) is 15.3 Å². The minimum Gasteiger partial charge on any atom is -0.334 e. The van der Waals surface area contributed by atoms with Crippen molar-refractivity contribution in [2.45, 2.75) is 31.7 Å². The molecule has 0 radical (unpaired) electrons. The van der Waals surface area contributed by atoms with E-state index in [0.717, 1.165) is 24.1 Å². The fourth-order valence-electron chi connectivity index (χ4n) is 3.61. The van der Waals surface area contributed by atoms with Gasteiger partial charge in [0.25, 0.3) is 5.91 Å². The van der Waals surface area contributed by atoms with E-state index >= 15 is 0 Å². The Morgan fingerprint density at radius 2 is 2.00 bits per heavy atom. The Kier molecular flexibility index (Phi) is 6.13. The van der Waals surface area contributed by atoms with E-state index < -0.39 is 0 Å². The highest BCUT2D eigenvalue weighted by Gasteiger charge is 2.30. The number of amides is 2. The van der Waals surface area contributed by atoms with Crippen molar-refractivity contribution in [2.75, 3.05) is 11.9 Å². The molecule has 1 fully saturated rings. The van der Waals surface area contributed by atoms with Gasteiger partial charge in [0.05, 0.1) is 17.3 Å². The summed E-state index contributed by atoms with van der Waals surface area (Å²) in [6.45, 7) is 0.695. The summed E-state index contributed by atoms with van der Waals surface area (Å²) in [6.07, 6.45) is 5.88. The predicted molar refractivity (Wildman–Crippen MR) is 113 cm³/mol. The SMILES string of the molecule is O=C(Nc1nccs1)c1ccc([C@H]2CCCN2C(=O)CCc2ccc(F)cc2)nc1. The van der Waals surface area contributed by atoms with E-state index in [9.17, 15) is 14.0 Å². The molecular weight excluding hydrogens is 403 g/mol. The van der Waals surface area contributed by atoms with Crippen LogP contribution in [0.15, 0.2) is 54.2 Å². The Balaban J connectivity index is 1.38. The Labute approximate surface area is 177 Å². The molecule has 1 aliphatic rings. The second-order valence-electron chi connectivity index (χ2n) is 7.13. The van der Waals surface area contributed by atoms with Crippen LogP contribution in [0.3, 0.4) is 0 Å². The lowest BCUT2D eigenvalue weighted by atomic mass is 10.1. The van der Waals surface area contributed by atoms with Crippen LogP contribution in [0.2, 0.25) is 0 Å². The van der Waals surface area contributed by atoms with Gasteiger partial charge in [-0.2, -0.15) is 0 Å². The molecule has 0 spiro atoms. The summed E-state index contributed by atoms with van der Waals surface area (Å²) in [5, 5.41) is 5.06. The average molecular weight is 425 g/mol. The smallest absolute Gasteiger partial charge is 0.259 e. The first kappa shape index (κ1) is 20.2. The first-order chi connectivity index (χ1) is 14.6. The van der Waals surface area contributed by atoms with Gasteiger partial charge in [0, 0.05) is 30.7 Å². The Hall–Kier alpha value is -3.13. The van der Waals surface area contributed by atoms with Gasteiger partial charge in [0.1, 0.15) is 5.82 Å². The third-order valence-electron chi connectivity index (χ3n) is 5.16. The molecule has 0 aliphatic carbocycles. The van der Waals surface area contributed by atoms with Gasteiger partial charge in [-0.1, -0.05) is 12.1 Å². The summed E-state index contributed by atoms with van der Waals surface area (Å²) in [7, 11) is 0. The first-order valence-corrected chi connectivity index (χ1v) is 10.7. The number of thiazole rings is 1. The monoisotopic (exact) mass is 424 g/mol. The number of aryl methyl sites for hydroxylation is 1. The average Bonchev–Trinajstić information content (AvgIpc) is 3.45. The summed E-state index contributed by atoms with van der Waals surface area (Å²) in [4.78, 5) is 35.4. The zero-order valence-electron chi connectivity index (χ0n) is 16.3. The number of nitrogens with zero attached hydrogens (tertiary/aromatic N) is 3. The molecular formula is C22H21FN4O2S. The summed E-state index contributed by atoms with van der Waals surface area (Å²) < 4.78 is 13.0. The quantitative estimate of drug-likeness (QED) is 0.643. The maximum atomic E-state index is 13.0. The zero-order valence-corrected chi connectivity index (χ0v) is 17.1. The third-order valence-corrected chi connectivity index (χ3v) is 5.85. The number of rotatable bonds is 6. The molecule has 1 aliphatic heterocycles. The number of nitrogens with one attached hydrogen (secondary N) is 1. The van der Waals surface area contributed by atoms with E-state index in [4.69, 9.17) is 0 Å². The van der Waals surface area contributed by atoms with Crippen molar-refractivity contribution in [3.63, 3.8) is 0 Å². The number of halogens is 1. The fraction of sp³-hybridized carbons (Fsp3) is 0.273. The van der Waals surface area contributed by atoms with Crippen LogP contribution in [-0.4, -0.2) is 33.2 Å². The third kappa shape index (κ3) is 4.71. The van der Waals surface area contributed by atoms with E-state index in [1.807, 2.05) is 11.0 Å². The molecule has 30 heavy (non-hydrogen) atoms. The minimum absolute atomic E-state index is 0.0641. The molecule has 1 atom stereocenters. The number of benzene rings is 1. The molecule has 4 rings (SSSR count). The number of pyridine rings is 1. The van der Waals surface area contributed by atoms with Crippen LogP contribution < -0.4 is 5.32 Å². The lowest BCUT2D eigenvalue weighted by Gasteiger charge is -2.24. The van der Waals surface area contributed by atoms with Crippen LogP contribution in [0.25, 0.3) is 0 Å². The van der Waals surface area contributed by atoms with Crippen molar-refractivity contribution in [3.05, 3.63) is 76.8 Å². The molecule has 2 amide bonds. The molecule has 1 saturated heterocycles. The van der Waals surface area contributed by atoms with Crippen molar-refractivity contribution in [1.82, 2.24) is 14.9 Å². The van der Waals surface area contributed by atoms with Gasteiger partial charge in [-0.25, -0.2) is 9.37 Å². The lowest BCUT2D eigenvalue weighted by molar-refractivity contribution is -0.132. The Bertz CT molecular complexity index is 1010. The van der Waals surface area contributed by atoms with Crippen LogP contribution in [0.1, 0.15) is 46.9 Å². The van der Waals surface area contributed by atoms with Crippen molar-refractivity contribution in [3.8, 4) is 0 Å². The highest BCUT2D eigenvalue weighted by atomic mass is 32.1. The molecule has 0 saturated carbocycles. The maximum Gasteiger partial charge on any atom is 0.259 e. The second kappa shape index (κ2) is 9.13. The molecule has 1 aromatic carbocycles. The van der Waals surface area contributed by atoms with Crippen LogP contribution in [0, 0.1) is 5.82 Å². The largest absolute Gasteiger partial charge is 0.334 e. The van der Waals surface area contributed by atoms with E-state index in [-0.39, 0.29) is 23.7 Å². The second-order valence-corrected chi connectivity index (χ2v) is 8.03. The summed E-state index contributed by atoms with van der Waals surface area (Å²) in [5.74, 6) is -0.476. The van der Waals surface area contributed by atoms with Crippen LogP contribution >= 0.6 is 11.3 Å². The molecule has 3 aromatic rings. The van der Waals surface area contributed by atoms with Gasteiger partial charge in [-0.3, -0.25) is 19.9 Å². The van der Waals surface area contributed by atoms with Crippen LogP contribution in [0.5, 0.6) is 0 Å². The van der Waals surface area contributed by atoms with Crippen molar-refractivity contribution in [2.24, 2.45) is 0 Å². The van der Waals surface area contributed by atoms with Gasteiger partial charge in [-0.05, 0) is 49.1 Å². The molecule has 0 bridgehead atoms. The van der Waals surface area contributed by atoms with Gasteiger partial charge in [-0.15, -0.1) is 11.3 Å². The standard InChI is InChI=1S/C22H21FN4O2S/c23-17-7-3-15(4-8-17)5-10-20(28)27-12-1-2-19(27)18-9-6-16(14-25-18)21(29)26-22-24-11-13-30-22/h3-4,6-9,11,13-14,19H,1-2,5,10,12H2,(H,24,26,29)/t19-/m1/s1. The molecule has 2 aromatic heterocycles. The lowest BCUT2D eigenvalue weighted by Crippen LogP contribution is -2.31. The van der Waals surface area contributed by atoms with Gasteiger partial charge < -0.3 is 4.90 Å². The summed E-state index contributed by atoms with van der Waals surface area (Å²) in [5.41, 5.74) is 2.17. The highest BCUT2D eigenvalue weighted by Crippen LogP contribution is 2.31. The van der Waals surface area contributed by atoms with E-state index in [1.54, 1.807) is 29.8 Å². The maximum absolute atomic E-state index is 13.0. The van der Waals surface area contributed by atoms with Gasteiger partial charge in [0.2, 0.25) is 5.91 Å². The Morgan fingerprint density at radius 1 is 1.17 bits per heavy atom. The minimum atomic E-state index is -0.278. The number of anilines is 1. The predicted octanol–water partition coefficient (Wildman–Crippen LogP) is 4.23. The molecule has 3 heterocycles. The zero-order chi connectivity index (χ0) is 20.9. The number of carbonyl (C=O) groups excluding carboxylic acids is 2. The number of carbonyl (C=O) groups is 2. The molecule has 0 unspecified atom stereocenters. The number of hydrogen-bond donors (Lipinski definition) is 1. The molecule has 8 heteroatoms. The van der Waals surface area contributed by atoms with E-state index in [0.29, 0.717) is 30.1 Å². The molecule has 6 nitrogen and oxygen atoms in total. The first-order valence-electron chi connectivity index (χ1n) is 9.81.